The number of nitrogens with zero attached hydrogens (tertiary/aromatic N) is 1. The van der Waals surface area contributed by atoms with Crippen LogP contribution in [0.15, 0.2) is 108 Å². The maximum Gasteiger partial charge on any atom is 0.136 e. The molecule has 0 aliphatic heterocycles. The molecule has 0 atom stereocenters. The zero-order valence-corrected chi connectivity index (χ0v) is 18.4. The van der Waals surface area contributed by atoms with Gasteiger partial charge in [-0.3, -0.25) is 0 Å². The van der Waals surface area contributed by atoms with Crippen LogP contribution in [0, 0.1) is 0 Å². The first kappa shape index (κ1) is 17.5. The monoisotopic (exact) mass is 439 g/mol. The highest BCUT2D eigenvalue weighted by Gasteiger charge is 2.19. The van der Waals surface area contributed by atoms with Crippen LogP contribution in [0.2, 0.25) is 0 Å². The molecular weight excluding hydrogens is 422 g/mol. The van der Waals surface area contributed by atoms with Crippen LogP contribution in [0.25, 0.3) is 69.6 Å². The second-order valence-corrected chi connectivity index (χ2v) is 9.56. The summed E-state index contributed by atoms with van der Waals surface area (Å²) in [5.41, 5.74) is 5.58. The summed E-state index contributed by atoms with van der Waals surface area (Å²) in [6.45, 7) is 0. The second kappa shape index (κ2) is 6.25. The van der Waals surface area contributed by atoms with Crippen LogP contribution in [-0.2, 0) is 0 Å². The quantitative estimate of drug-likeness (QED) is 0.249. The van der Waals surface area contributed by atoms with Gasteiger partial charge in [-0.15, -0.1) is 11.3 Å². The lowest BCUT2D eigenvalue weighted by Gasteiger charge is -2.07. The first-order valence-electron chi connectivity index (χ1n) is 11.1. The average molecular weight is 440 g/mol. The minimum atomic E-state index is 0.947. The van der Waals surface area contributed by atoms with Gasteiger partial charge in [0.15, 0.2) is 0 Å². The number of thiophene rings is 1. The zero-order chi connectivity index (χ0) is 21.5. The van der Waals surface area contributed by atoms with Gasteiger partial charge >= 0.3 is 0 Å². The molecule has 3 aromatic heterocycles. The van der Waals surface area contributed by atoms with Gasteiger partial charge in [-0.1, -0.05) is 60.7 Å². The van der Waals surface area contributed by atoms with Gasteiger partial charge in [-0.25, -0.2) is 0 Å². The van der Waals surface area contributed by atoms with Gasteiger partial charge in [0.25, 0.3) is 0 Å². The van der Waals surface area contributed by atoms with Crippen molar-refractivity contribution in [2.75, 3.05) is 0 Å². The topological polar surface area (TPSA) is 18.1 Å². The number of para-hydroxylation sites is 3. The molecule has 0 bridgehead atoms. The van der Waals surface area contributed by atoms with Crippen molar-refractivity contribution in [2.24, 2.45) is 0 Å². The van der Waals surface area contributed by atoms with Crippen LogP contribution in [0.5, 0.6) is 0 Å². The number of hydrogen-bond acceptors (Lipinski definition) is 2. The molecule has 0 saturated heterocycles. The first-order valence-corrected chi connectivity index (χ1v) is 11.9. The lowest BCUT2D eigenvalue weighted by atomic mass is 10.1. The van der Waals surface area contributed by atoms with E-state index in [1.165, 1.54) is 58.4 Å². The Balaban J connectivity index is 1.60. The molecule has 3 heteroatoms. The molecule has 154 valence electrons. The molecular formula is C30H17NOS. The van der Waals surface area contributed by atoms with Crippen molar-refractivity contribution >= 4 is 75.3 Å². The summed E-state index contributed by atoms with van der Waals surface area (Å²) in [7, 11) is 0. The van der Waals surface area contributed by atoms with Crippen LogP contribution < -0.4 is 0 Å². The van der Waals surface area contributed by atoms with E-state index in [9.17, 15) is 0 Å². The van der Waals surface area contributed by atoms with Crippen molar-refractivity contribution in [1.82, 2.24) is 4.57 Å². The summed E-state index contributed by atoms with van der Waals surface area (Å²) < 4.78 is 11.2. The van der Waals surface area contributed by atoms with E-state index >= 15 is 0 Å². The van der Waals surface area contributed by atoms with E-state index in [2.05, 4.69) is 102 Å². The van der Waals surface area contributed by atoms with Crippen LogP contribution >= 0.6 is 11.3 Å². The smallest absolute Gasteiger partial charge is 0.136 e. The minimum Gasteiger partial charge on any atom is -0.456 e. The summed E-state index contributed by atoms with van der Waals surface area (Å²) in [5, 5.41) is 7.64. The third kappa shape index (κ3) is 2.22. The van der Waals surface area contributed by atoms with E-state index in [0.29, 0.717) is 0 Å². The van der Waals surface area contributed by atoms with Gasteiger partial charge in [0.05, 0.1) is 11.0 Å². The van der Waals surface area contributed by atoms with Gasteiger partial charge in [-0.2, -0.15) is 0 Å². The molecule has 8 rings (SSSR count). The van der Waals surface area contributed by atoms with Crippen molar-refractivity contribution in [3.05, 3.63) is 103 Å². The highest BCUT2D eigenvalue weighted by molar-refractivity contribution is 7.27. The number of hydrogen-bond donors (Lipinski definition) is 0. The molecule has 0 N–H and O–H groups in total. The number of fused-ring (bicyclic) bond motifs is 11. The van der Waals surface area contributed by atoms with E-state index in [0.717, 1.165) is 11.2 Å². The SMILES string of the molecule is c1ccc(-n2c3ccccc3c3c4sc5c(ccc6oc7ccccc7c65)c4ccc32)cc1. The minimum absolute atomic E-state index is 0.947. The van der Waals surface area contributed by atoms with Crippen molar-refractivity contribution in [3.63, 3.8) is 0 Å². The lowest BCUT2D eigenvalue weighted by Crippen LogP contribution is -1.92. The Hall–Kier alpha value is -4.08. The van der Waals surface area contributed by atoms with Crippen molar-refractivity contribution in [3.8, 4) is 5.69 Å². The molecule has 0 radical (unpaired) electrons. The lowest BCUT2D eigenvalue weighted by molar-refractivity contribution is 0.669. The maximum absolute atomic E-state index is 6.18. The van der Waals surface area contributed by atoms with E-state index in [-0.39, 0.29) is 0 Å². The molecule has 0 aliphatic rings. The molecule has 33 heavy (non-hydrogen) atoms. The fraction of sp³-hybridized carbons (Fsp3) is 0. The van der Waals surface area contributed by atoms with Crippen LogP contribution in [0.4, 0.5) is 0 Å². The molecule has 2 nitrogen and oxygen atoms in total. The fourth-order valence-corrected chi connectivity index (χ4v) is 6.82. The van der Waals surface area contributed by atoms with Crippen LogP contribution in [0.3, 0.4) is 0 Å². The van der Waals surface area contributed by atoms with E-state index in [1.807, 2.05) is 17.4 Å². The maximum atomic E-state index is 6.18. The van der Waals surface area contributed by atoms with Gasteiger partial charge in [-0.05, 0) is 42.5 Å². The molecule has 5 aromatic carbocycles. The molecule has 0 fully saturated rings. The molecule has 0 amide bonds. The number of aromatic nitrogens is 1. The van der Waals surface area contributed by atoms with Crippen molar-refractivity contribution in [1.29, 1.82) is 0 Å². The Bertz CT molecular complexity index is 2020. The van der Waals surface area contributed by atoms with Gasteiger partial charge < -0.3 is 8.98 Å². The van der Waals surface area contributed by atoms with E-state index < -0.39 is 0 Å². The number of rotatable bonds is 1. The number of benzene rings is 5. The normalized spacial score (nSPS) is 12.2. The number of furan rings is 1. The Labute approximate surface area is 192 Å². The largest absolute Gasteiger partial charge is 0.456 e. The Morgan fingerprint density at radius 2 is 1.18 bits per heavy atom. The summed E-state index contributed by atoms with van der Waals surface area (Å²) in [5.74, 6) is 0. The first-order chi connectivity index (χ1) is 16.4. The van der Waals surface area contributed by atoms with Gasteiger partial charge in [0.1, 0.15) is 11.2 Å². The third-order valence-corrected chi connectivity index (χ3v) is 8.05. The molecule has 0 spiro atoms. The molecule has 0 aliphatic carbocycles. The van der Waals surface area contributed by atoms with E-state index in [1.54, 1.807) is 0 Å². The Kier molecular flexibility index (Phi) is 3.31. The van der Waals surface area contributed by atoms with Crippen molar-refractivity contribution in [2.45, 2.75) is 0 Å². The highest BCUT2D eigenvalue weighted by atomic mass is 32.1. The second-order valence-electron chi connectivity index (χ2n) is 8.54. The zero-order valence-electron chi connectivity index (χ0n) is 17.6. The van der Waals surface area contributed by atoms with Gasteiger partial charge in [0.2, 0.25) is 0 Å². The Morgan fingerprint density at radius 1 is 0.485 bits per heavy atom. The summed E-state index contributed by atoms with van der Waals surface area (Å²) in [6, 6.07) is 36.7. The molecule has 3 heterocycles. The average Bonchev–Trinajstić information content (AvgIpc) is 3.53. The standard InChI is InChI=1S/C30H17NOS/c1-2-8-18(9-3-1)31-23-12-6-4-10-21(23)27-24(31)16-14-19-20-15-17-26-28(30(20)33-29(19)27)22-11-5-7-13-25(22)32-26/h1-17H. The molecule has 0 saturated carbocycles. The predicted octanol–water partition coefficient (Wildman–Crippen LogP) is 9.05. The Morgan fingerprint density at radius 3 is 2.06 bits per heavy atom. The summed E-state index contributed by atoms with van der Waals surface area (Å²) in [4.78, 5) is 0. The molecule has 0 unspecified atom stereocenters. The van der Waals surface area contributed by atoms with Crippen molar-refractivity contribution < 1.29 is 4.42 Å². The van der Waals surface area contributed by atoms with Gasteiger partial charge in [0, 0.05) is 47.4 Å². The third-order valence-electron chi connectivity index (χ3n) is 6.80. The fourth-order valence-electron chi connectivity index (χ4n) is 5.41. The summed E-state index contributed by atoms with van der Waals surface area (Å²) in [6.07, 6.45) is 0. The predicted molar refractivity (Wildman–Crippen MR) is 141 cm³/mol. The highest BCUT2D eigenvalue weighted by Crippen LogP contribution is 2.46. The molecule has 8 aromatic rings. The summed E-state index contributed by atoms with van der Waals surface area (Å²) >= 11 is 1.89. The van der Waals surface area contributed by atoms with Crippen LogP contribution in [0.1, 0.15) is 0 Å². The van der Waals surface area contributed by atoms with Crippen LogP contribution in [-0.4, -0.2) is 4.57 Å². The van der Waals surface area contributed by atoms with E-state index in [4.69, 9.17) is 4.42 Å².